The van der Waals surface area contributed by atoms with Crippen LogP contribution in [-0.2, 0) is 17.3 Å². The Hall–Kier alpha value is -2.15. The van der Waals surface area contributed by atoms with Crippen LogP contribution in [0.1, 0.15) is 24.7 Å². The van der Waals surface area contributed by atoms with Crippen LogP contribution < -0.4 is 10.6 Å². The molecular weight excluding hydrogens is 346 g/mol. The average molecular weight is 376 g/mol. The van der Waals surface area contributed by atoms with Crippen molar-refractivity contribution in [3.05, 3.63) is 47.8 Å². The Bertz CT molecular complexity index is 727. The van der Waals surface area contributed by atoms with Gasteiger partial charge in [-0.3, -0.25) is 13.9 Å². The van der Waals surface area contributed by atoms with Crippen molar-refractivity contribution in [1.82, 2.24) is 20.4 Å². The molecule has 6 nitrogen and oxygen atoms in total. The molecule has 0 aliphatic heterocycles. The third-order valence-electron chi connectivity index (χ3n) is 3.83. The fraction of sp³-hybridized carbons (Fsp3) is 0.474. The molecule has 0 bridgehead atoms. The van der Waals surface area contributed by atoms with Gasteiger partial charge in [0, 0.05) is 42.5 Å². The average Bonchev–Trinajstić information content (AvgIpc) is 2.96. The lowest BCUT2D eigenvalue weighted by molar-refractivity contribution is 0.567. The SMILES string of the molecule is CCNC(=NCCCn1nc(C)cc1C)NCCS(=O)c1ccccc1. The minimum absolute atomic E-state index is 0.556. The lowest BCUT2D eigenvalue weighted by Gasteiger charge is -2.11. The molecule has 1 heterocycles. The summed E-state index contributed by atoms with van der Waals surface area (Å²) in [5.41, 5.74) is 2.23. The third-order valence-corrected chi connectivity index (χ3v) is 5.20. The minimum Gasteiger partial charge on any atom is -0.357 e. The van der Waals surface area contributed by atoms with Crippen LogP contribution in [0, 0.1) is 13.8 Å². The number of hydrogen-bond donors (Lipinski definition) is 2. The number of aromatic nitrogens is 2. The highest BCUT2D eigenvalue weighted by atomic mass is 32.2. The van der Waals surface area contributed by atoms with Crippen molar-refractivity contribution in [3.8, 4) is 0 Å². The number of aryl methyl sites for hydroxylation is 3. The van der Waals surface area contributed by atoms with Gasteiger partial charge in [0.25, 0.3) is 0 Å². The fourth-order valence-corrected chi connectivity index (χ4v) is 3.59. The monoisotopic (exact) mass is 375 g/mol. The number of nitrogens with one attached hydrogen (secondary N) is 2. The summed E-state index contributed by atoms with van der Waals surface area (Å²) in [6.07, 6.45) is 0.925. The highest BCUT2D eigenvalue weighted by Crippen LogP contribution is 2.05. The van der Waals surface area contributed by atoms with Gasteiger partial charge in [0.15, 0.2) is 5.96 Å². The molecule has 2 rings (SSSR count). The highest BCUT2D eigenvalue weighted by molar-refractivity contribution is 7.85. The molecule has 0 fully saturated rings. The van der Waals surface area contributed by atoms with Gasteiger partial charge in [-0.25, -0.2) is 0 Å². The minimum atomic E-state index is -0.993. The van der Waals surface area contributed by atoms with Gasteiger partial charge < -0.3 is 10.6 Å². The van der Waals surface area contributed by atoms with Crippen LogP contribution in [0.2, 0.25) is 0 Å². The zero-order chi connectivity index (χ0) is 18.8. The van der Waals surface area contributed by atoms with Crippen LogP contribution in [0.5, 0.6) is 0 Å². The molecule has 0 saturated carbocycles. The number of hydrogen-bond acceptors (Lipinski definition) is 3. The van der Waals surface area contributed by atoms with Gasteiger partial charge in [-0.2, -0.15) is 5.10 Å². The van der Waals surface area contributed by atoms with Gasteiger partial charge in [-0.15, -0.1) is 0 Å². The van der Waals surface area contributed by atoms with Crippen molar-refractivity contribution < 1.29 is 4.21 Å². The van der Waals surface area contributed by atoms with Gasteiger partial charge in [-0.05, 0) is 45.4 Å². The topological polar surface area (TPSA) is 71.3 Å². The lowest BCUT2D eigenvalue weighted by Crippen LogP contribution is -2.39. The normalized spacial score (nSPS) is 12.8. The molecule has 0 aliphatic carbocycles. The van der Waals surface area contributed by atoms with Crippen LogP contribution in [0.15, 0.2) is 46.3 Å². The molecule has 0 aliphatic rings. The summed E-state index contributed by atoms with van der Waals surface area (Å²) >= 11 is 0. The first kappa shape index (κ1) is 20.2. The van der Waals surface area contributed by atoms with Crippen molar-refractivity contribution in [2.24, 2.45) is 4.99 Å². The molecule has 1 aromatic heterocycles. The zero-order valence-corrected chi connectivity index (χ0v) is 16.7. The van der Waals surface area contributed by atoms with E-state index < -0.39 is 10.8 Å². The van der Waals surface area contributed by atoms with E-state index in [1.165, 1.54) is 5.69 Å². The second-order valence-electron chi connectivity index (χ2n) is 6.05. The van der Waals surface area contributed by atoms with Crippen molar-refractivity contribution in [1.29, 1.82) is 0 Å². The van der Waals surface area contributed by atoms with Crippen molar-refractivity contribution in [2.75, 3.05) is 25.4 Å². The van der Waals surface area contributed by atoms with Crippen LogP contribution in [-0.4, -0.2) is 45.3 Å². The van der Waals surface area contributed by atoms with E-state index in [0.29, 0.717) is 12.3 Å². The van der Waals surface area contributed by atoms with E-state index in [1.807, 2.05) is 48.9 Å². The number of rotatable bonds is 9. The standard InChI is InChI=1S/C19H29N5OS/c1-4-20-19(21-11-8-13-24-17(3)15-16(2)23-24)22-12-14-26(25)18-9-6-5-7-10-18/h5-7,9-10,15H,4,8,11-14H2,1-3H3,(H2,20,21,22). The van der Waals surface area contributed by atoms with E-state index in [9.17, 15) is 4.21 Å². The summed E-state index contributed by atoms with van der Waals surface area (Å²) in [5, 5.41) is 11.0. The maximum atomic E-state index is 12.2. The summed E-state index contributed by atoms with van der Waals surface area (Å²) in [6, 6.07) is 11.6. The second kappa shape index (κ2) is 10.8. The van der Waals surface area contributed by atoms with Crippen LogP contribution in [0.4, 0.5) is 0 Å². The van der Waals surface area contributed by atoms with Crippen molar-refractivity contribution in [3.63, 3.8) is 0 Å². The number of aliphatic imine (C=N–C) groups is 1. The third kappa shape index (κ3) is 6.63. The largest absolute Gasteiger partial charge is 0.357 e. The molecule has 2 N–H and O–H groups in total. The van der Waals surface area contributed by atoms with E-state index >= 15 is 0 Å². The number of nitrogens with zero attached hydrogens (tertiary/aromatic N) is 3. The Morgan fingerprint density at radius 2 is 2.00 bits per heavy atom. The molecule has 7 heteroatoms. The summed E-state index contributed by atoms with van der Waals surface area (Å²) in [4.78, 5) is 5.45. The first-order valence-corrected chi connectivity index (χ1v) is 10.4. The second-order valence-corrected chi connectivity index (χ2v) is 7.62. The Kier molecular flexibility index (Phi) is 8.34. The molecule has 142 valence electrons. The highest BCUT2D eigenvalue weighted by Gasteiger charge is 2.04. The summed E-state index contributed by atoms with van der Waals surface area (Å²) in [6.45, 7) is 9.11. The molecule has 26 heavy (non-hydrogen) atoms. The summed E-state index contributed by atoms with van der Waals surface area (Å²) in [5.74, 6) is 1.33. The van der Waals surface area contributed by atoms with Crippen LogP contribution >= 0.6 is 0 Å². The van der Waals surface area contributed by atoms with Gasteiger partial charge in [0.1, 0.15) is 0 Å². The molecule has 0 spiro atoms. The predicted molar refractivity (Wildman–Crippen MR) is 108 cm³/mol. The first-order valence-electron chi connectivity index (χ1n) is 9.06. The van der Waals surface area contributed by atoms with E-state index in [1.54, 1.807) is 0 Å². The molecule has 1 atom stereocenters. The van der Waals surface area contributed by atoms with Crippen LogP contribution in [0.3, 0.4) is 0 Å². The Balaban J connectivity index is 1.75. The quantitative estimate of drug-likeness (QED) is 0.401. The summed E-state index contributed by atoms with van der Waals surface area (Å²) in [7, 11) is -0.993. The van der Waals surface area contributed by atoms with Crippen molar-refractivity contribution in [2.45, 2.75) is 38.6 Å². The molecule has 1 aromatic carbocycles. The predicted octanol–water partition coefficient (Wildman–Crippen LogP) is 2.25. The Morgan fingerprint density at radius 1 is 1.23 bits per heavy atom. The Labute approximate surface area is 158 Å². The molecule has 2 aromatic rings. The number of benzene rings is 1. The first-order chi connectivity index (χ1) is 12.6. The molecule has 0 radical (unpaired) electrons. The maximum Gasteiger partial charge on any atom is 0.191 e. The molecule has 1 unspecified atom stereocenters. The Morgan fingerprint density at radius 3 is 2.65 bits per heavy atom. The van der Waals surface area contributed by atoms with Crippen molar-refractivity contribution >= 4 is 16.8 Å². The maximum absolute atomic E-state index is 12.2. The van der Waals surface area contributed by atoms with Gasteiger partial charge in [0.05, 0.1) is 16.5 Å². The molecule has 0 amide bonds. The van der Waals surface area contributed by atoms with E-state index in [4.69, 9.17) is 0 Å². The van der Waals surface area contributed by atoms with E-state index in [2.05, 4.69) is 33.7 Å². The lowest BCUT2D eigenvalue weighted by atomic mass is 10.4. The molecular formula is C19H29N5OS. The van der Waals surface area contributed by atoms with E-state index in [0.717, 1.165) is 42.6 Å². The zero-order valence-electron chi connectivity index (χ0n) is 15.9. The van der Waals surface area contributed by atoms with Gasteiger partial charge in [-0.1, -0.05) is 18.2 Å². The smallest absolute Gasteiger partial charge is 0.191 e. The molecule has 0 saturated heterocycles. The van der Waals surface area contributed by atoms with Gasteiger partial charge >= 0.3 is 0 Å². The van der Waals surface area contributed by atoms with Gasteiger partial charge in [0.2, 0.25) is 0 Å². The fourth-order valence-electron chi connectivity index (χ4n) is 2.61. The van der Waals surface area contributed by atoms with Crippen LogP contribution in [0.25, 0.3) is 0 Å². The summed E-state index contributed by atoms with van der Waals surface area (Å²) < 4.78 is 14.3. The van der Waals surface area contributed by atoms with E-state index in [-0.39, 0.29) is 0 Å². The number of guanidine groups is 1.